The molecule has 2 heterocycles. The molecule has 1 amide bonds. The largest absolute Gasteiger partial charge is 0.490 e. The van der Waals surface area contributed by atoms with E-state index in [1.807, 2.05) is 25.1 Å². The minimum atomic E-state index is -0.275. The van der Waals surface area contributed by atoms with Crippen LogP contribution in [-0.4, -0.2) is 40.1 Å². The van der Waals surface area contributed by atoms with Crippen molar-refractivity contribution in [2.24, 2.45) is 0 Å². The molecule has 0 spiro atoms. The lowest BCUT2D eigenvalue weighted by atomic mass is 10.1. The van der Waals surface area contributed by atoms with Gasteiger partial charge in [-0.1, -0.05) is 6.07 Å². The van der Waals surface area contributed by atoms with Crippen molar-refractivity contribution >= 4 is 29.2 Å². The number of hydrogen-bond acceptors (Lipinski definition) is 7. The molecule has 1 aliphatic rings. The lowest BCUT2D eigenvalue weighted by Crippen LogP contribution is -2.39. The van der Waals surface area contributed by atoms with Crippen LogP contribution in [0.1, 0.15) is 25.3 Å². The van der Waals surface area contributed by atoms with Crippen molar-refractivity contribution in [3.8, 4) is 5.75 Å². The van der Waals surface area contributed by atoms with Crippen LogP contribution in [0.25, 0.3) is 0 Å². The first kappa shape index (κ1) is 21.5. The number of carbonyl (C=O) groups is 1. The quantitative estimate of drug-likeness (QED) is 0.602. The lowest BCUT2D eigenvalue weighted by Gasteiger charge is -2.32. The van der Waals surface area contributed by atoms with Gasteiger partial charge in [-0.15, -0.1) is 0 Å². The van der Waals surface area contributed by atoms with Gasteiger partial charge >= 0.3 is 0 Å². The Kier molecular flexibility index (Phi) is 6.44. The van der Waals surface area contributed by atoms with Crippen LogP contribution >= 0.6 is 0 Å². The van der Waals surface area contributed by atoms with Crippen molar-refractivity contribution in [3.05, 3.63) is 60.2 Å². The number of anilines is 4. The monoisotopic (exact) mass is 436 g/mol. The Labute approximate surface area is 185 Å². The Bertz CT molecular complexity index is 1080. The van der Waals surface area contributed by atoms with Gasteiger partial charge in [0.25, 0.3) is 0 Å². The number of nitrogens with one attached hydrogen (secondary N) is 2. The van der Waals surface area contributed by atoms with Gasteiger partial charge in [0.15, 0.2) is 0 Å². The predicted octanol–water partition coefficient (Wildman–Crippen LogP) is 4.07. The molecule has 0 radical (unpaired) electrons. The van der Waals surface area contributed by atoms with E-state index < -0.39 is 0 Å². The summed E-state index contributed by atoms with van der Waals surface area (Å²) in [6, 6.07) is 11.7. The van der Waals surface area contributed by atoms with Crippen LogP contribution in [0.5, 0.6) is 5.75 Å². The topological polar surface area (TPSA) is 92.3 Å². The summed E-state index contributed by atoms with van der Waals surface area (Å²) in [5.74, 6) is 1.30. The van der Waals surface area contributed by atoms with E-state index in [-0.39, 0.29) is 17.8 Å². The van der Waals surface area contributed by atoms with Gasteiger partial charge < -0.3 is 20.3 Å². The molecule has 8 nitrogen and oxygen atoms in total. The molecule has 4 rings (SSSR count). The van der Waals surface area contributed by atoms with Gasteiger partial charge in [-0.25, -0.2) is 14.4 Å². The summed E-state index contributed by atoms with van der Waals surface area (Å²) in [6.45, 7) is 4.88. The van der Waals surface area contributed by atoms with Crippen LogP contribution in [0.4, 0.5) is 27.7 Å². The number of nitrogens with zero attached hydrogens (tertiary/aromatic N) is 4. The first-order valence-electron chi connectivity index (χ1n) is 10.5. The minimum absolute atomic E-state index is 0.0651. The second-order valence-electron chi connectivity index (χ2n) is 7.65. The third-order valence-corrected chi connectivity index (χ3v) is 5.29. The molecule has 0 atom stereocenters. The zero-order valence-electron chi connectivity index (χ0n) is 18.0. The maximum absolute atomic E-state index is 13.1. The highest BCUT2D eigenvalue weighted by Crippen LogP contribution is 2.26. The van der Waals surface area contributed by atoms with Crippen LogP contribution < -0.4 is 20.3 Å². The number of halogens is 1. The van der Waals surface area contributed by atoms with Gasteiger partial charge in [-0.3, -0.25) is 4.79 Å². The average Bonchev–Trinajstić information content (AvgIpc) is 2.78. The highest BCUT2D eigenvalue weighted by Gasteiger charge is 2.23. The lowest BCUT2D eigenvalue weighted by molar-refractivity contribution is -0.114. The van der Waals surface area contributed by atoms with Crippen LogP contribution in [-0.2, 0) is 4.79 Å². The molecular weight excluding hydrogens is 411 g/mol. The van der Waals surface area contributed by atoms with Gasteiger partial charge in [0.2, 0.25) is 17.8 Å². The van der Waals surface area contributed by atoms with Gasteiger partial charge in [0, 0.05) is 44.2 Å². The van der Waals surface area contributed by atoms with Crippen LogP contribution in [0.15, 0.2) is 48.8 Å². The third kappa shape index (κ3) is 5.29. The zero-order valence-corrected chi connectivity index (χ0v) is 18.0. The molecule has 2 aromatic carbocycles. The SMILES string of the molecule is CC(=O)Nc1cccc(Nc2ncnc(N3CCC(Oc4ccc(F)cc4)CC3)n2)c1C. The zero-order chi connectivity index (χ0) is 22.5. The molecule has 2 N–H and O–H groups in total. The number of ether oxygens (including phenoxy) is 1. The minimum Gasteiger partial charge on any atom is -0.490 e. The maximum atomic E-state index is 13.1. The predicted molar refractivity (Wildman–Crippen MR) is 121 cm³/mol. The summed E-state index contributed by atoms with van der Waals surface area (Å²) in [7, 11) is 0. The molecule has 9 heteroatoms. The van der Waals surface area contributed by atoms with E-state index in [1.165, 1.54) is 25.4 Å². The highest BCUT2D eigenvalue weighted by molar-refractivity contribution is 5.90. The Morgan fingerprint density at radius 3 is 2.53 bits per heavy atom. The molecule has 3 aromatic rings. The molecule has 166 valence electrons. The van der Waals surface area contributed by atoms with Crippen molar-refractivity contribution < 1.29 is 13.9 Å². The van der Waals surface area contributed by atoms with Gasteiger partial charge in [-0.05, 0) is 48.9 Å². The second kappa shape index (κ2) is 9.59. The Hall–Kier alpha value is -3.75. The summed E-state index contributed by atoms with van der Waals surface area (Å²) >= 11 is 0. The molecular formula is C23H25FN6O2. The molecule has 0 bridgehead atoms. The summed E-state index contributed by atoms with van der Waals surface area (Å²) in [5, 5.41) is 6.03. The third-order valence-electron chi connectivity index (χ3n) is 5.29. The van der Waals surface area contributed by atoms with Gasteiger partial charge in [0.05, 0.1) is 0 Å². The highest BCUT2D eigenvalue weighted by atomic mass is 19.1. The van der Waals surface area contributed by atoms with Crippen molar-refractivity contribution in [2.75, 3.05) is 28.6 Å². The molecule has 0 unspecified atom stereocenters. The van der Waals surface area contributed by atoms with Gasteiger partial charge in [-0.2, -0.15) is 4.98 Å². The van der Waals surface area contributed by atoms with Gasteiger partial charge in [0.1, 0.15) is 24.0 Å². The molecule has 0 saturated carbocycles. The summed E-state index contributed by atoms with van der Waals surface area (Å²) in [6.07, 6.45) is 3.17. The number of aromatic nitrogens is 3. The number of carbonyl (C=O) groups excluding carboxylic acids is 1. The summed E-state index contributed by atoms with van der Waals surface area (Å²) < 4.78 is 19.0. The number of rotatable bonds is 6. The van der Waals surface area contributed by atoms with Crippen molar-refractivity contribution in [1.29, 1.82) is 0 Å². The summed E-state index contributed by atoms with van der Waals surface area (Å²) in [5.41, 5.74) is 2.43. The summed E-state index contributed by atoms with van der Waals surface area (Å²) in [4.78, 5) is 26.6. The fourth-order valence-electron chi connectivity index (χ4n) is 3.60. The Morgan fingerprint density at radius 1 is 1.09 bits per heavy atom. The van der Waals surface area contributed by atoms with E-state index in [2.05, 4.69) is 30.5 Å². The van der Waals surface area contributed by atoms with E-state index >= 15 is 0 Å². The van der Waals surface area contributed by atoms with E-state index in [0.717, 1.165) is 42.9 Å². The number of benzene rings is 2. The number of amides is 1. The Balaban J connectivity index is 1.39. The first-order valence-corrected chi connectivity index (χ1v) is 10.5. The van der Waals surface area contributed by atoms with Crippen LogP contribution in [0, 0.1) is 12.7 Å². The Morgan fingerprint density at radius 2 is 1.81 bits per heavy atom. The van der Waals surface area contributed by atoms with E-state index in [0.29, 0.717) is 17.6 Å². The van der Waals surface area contributed by atoms with E-state index in [9.17, 15) is 9.18 Å². The maximum Gasteiger partial charge on any atom is 0.232 e. The second-order valence-corrected chi connectivity index (χ2v) is 7.65. The molecule has 1 fully saturated rings. The fraction of sp³-hybridized carbons (Fsp3) is 0.304. The number of hydrogen-bond donors (Lipinski definition) is 2. The normalized spacial score (nSPS) is 14.2. The molecule has 1 aliphatic heterocycles. The molecule has 1 saturated heterocycles. The van der Waals surface area contributed by atoms with Crippen molar-refractivity contribution in [3.63, 3.8) is 0 Å². The first-order chi connectivity index (χ1) is 15.5. The van der Waals surface area contributed by atoms with E-state index in [4.69, 9.17) is 4.74 Å². The molecule has 0 aliphatic carbocycles. The smallest absolute Gasteiger partial charge is 0.232 e. The molecule has 32 heavy (non-hydrogen) atoms. The van der Waals surface area contributed by atoms with Crippen molar-refractivity contribution in [2.45, 2.75) is 32.8 Å². The standard InChI is InChI=1S/C23H25FN6O2/c1-15-20(27-16(2)31)4-3-5-21(15)28-22-25-14-26-23(29-22)30-12-10-19(11-13-30)32-18-8-6-17(24)7-9-18/h3-9,14,19H,10-13H2,1-2H3,(H,27,31)(H,25,26,28,29). The van der Waals surface area contributed by atoms with Crippen molar-refractivity contribution in [1.82, 2.24) is 15.0 Å². The fourth-order valence-corrected chi connectivity index (χ4v) is 3.60. The van der Waals surface area contributed by atoms with E-state index in [1.54, 1.807) is 12.1 Å². The average molecular weight is 436 g/mol. The van der Waals surface area contributed by atoms with Crippen LogP contribution in [0.2, 0.25) is 0 Å². The molecule has 1 aromatic heterocycles. The van der Waals surface area contributed by atoms with Crippen LogP contribution in [0.3, 0.4) is 0 Å². The number of piperidine rings is 1.